The van der Waals surface area contributed by atoms with Gasteiger partial charge in [-0.3, -0.25) is 0 Å². The van der Waals surface area contributed by atoms with Crippen molar-refractivity contribution in [2.45, 2.75) is 13.3 Å². The van der Waals surface area contributed by atoms with E-state index < -0.39 is 0 Å². The van der Waals surface area contributed by atoms with Crippen LogP contribution in [0.15, 0.2) is 30.3 Å². The summed E-state index contributed by atoms with van der Waals surface area (Å²) in [4.78, 5) is 8.32. The Balaban J connectivity index is 2.17. The molecule has 0 aliphatic carbocycles. The molecule has 2 rings (SSSR count). The monoisotopic (exact) mass is 369 g/mol. The Morgan fingerprint density at radius 3 is 2.74 bits per heavy atom. The molecule has 0 saturated heterocycles. The maximum atomic E-state index is 5.71. The van der Waals surface area contributed by atoms with Gasteiger partial charge in [-0.15, -0.1) is 0 Å². The summed E-state index contributed by atoms with van der Waals surface area (Å²) in [5.41, 5.74) is 6.69. The van der Waals surface area contributed by atoms with Gasteiger partial charge in [0, 0.05) is 21.9 Å². The lowest BCUT2D eigenvalue weighted by molar-refractivity contribution is 0.967. The standard InChI is InChI=1S/C13H16IN5/c1-2-6-16-11-8-12(19-13(15)18-11)17-10-5-3-4-9(14)7-10/h3-5,7-8H,2,6H2,1H3,(H4,15,16,17,18,19). The fourth-order valence-corrected chi connectivity index (χ4v) is 2.13. The highest BCUT2D eigenvalue weighted by atomic mass is 127. The van der Waals surface area contributed by atoms with Crippen molar-refractivity contribution < 1.29 is 0 Å². The molecule has 0 spiro atoms. The lowest BCUT2D eigenvalue weighted by Crippen LogP contribution is -2.06. The van der Waals surface area contributed by atoms with Crippen molar-refractivity contribution in [1.82, 2.24) is 9.97 Å². The quantitative estimate of drug-likeness (QED) is 0.706. The van der Waals surface area contributed by atoms with Crippen molar-refractivity contribution in [3.05, 3.63) is 33.9 Å². The van der Waals surface area contributed by atoms with Gasteiger partial charge in [0.25, 0.3) is 0 Å². The molecule has 0 atom stereocenters. The van der Waals surface area contributed by atoms with Gasteiger partial charge < -0.3 is 16.4 Å². The van der Waals surface area contributed by atoms with Crippen LogP contribution < -0.4 is 16.4 Å². The molecule has 1 heterocycles. The molecule has 0 saturated carbocycles. The van der Waals surface area contributed by atoms with Crippen LogP contribution in [0.25, 0.3) is 0 Å². The minimum atomic E-state index is 0.259. The summed E-state index contributed by atoms with van der Waals surface area (Å²) in [5.74, 6) is 1.69. The summed E-state index contributed by atoms with van der Waals surface area (Å²) in [5, 5.41) is 6.43. The van der Waals surface area contributed by atoms with Crippen molar-refractivity contribution >= 4 is 45.9 Å². The van der Waals surface area contributed by atoms with Gasteiger partial charge in [0.15, 0.2) is 0 Å². The smallest absolute Gasteiger partial charge is 0.223 e. The van der Waals surface area contributed by atoms with E-state index in [2.05, 4.69) is 50.1 Å². The lowest BCUT2D eigenvalue weighted by atomic mass is 10.3. The molecule has 0 radical (unpaired) electrons. The van der Waals surface area contributed by atoms with E-state index in [1.807, 2.05) is 30.3 Å². The highest BCUT2D eigenvalue weighted by molar-refractivity contribution is 14.1. The second kappa shape index (κ2) is 6.55. The summed E-state index contributed by atoms with van der Waals surface area (Å²) in [6, 6.07) is 9.91. The molecule has 0 amide bonds. The summed E-state index contributed by atoms with van der Waals surface area (Å²) >= 11 is 2.27. The van der Waals surface area contributed by atoms with E-state index in [1.165, 1.54) is 0 Å². The minimum Gasteiger partial charge on any atom is -0.370 e. The number of halogens is 1. The van der Waals surface area contributed by atoms with Crippen molar-refractivity contribution in [3.63, 3.8) is 0 Å². The SMILES string of the molecule is CCCNc1cc(Nc2cccc(I)c2)nc(N)n1. The lowest BCUT2D eigenvalue weighted by Gasteiger charge is -2.09. The van der Waals surface area contributed by atoms with Gasteiger partial charge in [0.05, 0.1) is 0 Å². The summed E-state index contributed by atoms with van der Waals surface area (Å²) in [6.07, 6.45) is 1.03. The van der Waals surface area contributed by atoms with Crippen molar-refractivity contribution in [2.24, 2.45) is 0 Å². The Labute approximate surface area is 126 Å². The zero-order valence-corrected chi connectivity index (χ0v) is 12.8. The number of nitrogen functional groups attached to an aromatic ring is 1. The molecule has 0 unspecified atom stereocenters. The average molecular weight is 369 g/mol. The van der Waals surface area contributed by atoms with Gasteiger partial charge >= 0.3 is 0 Å². The summed E-state index contributed by atoms with van der Waals surface area (Å²) in [6.45, 7) is 2.96. The highest BCUT2D eigenvalue weighted by Gasteiger charge is 2.02. The number of nitrogens with two attached hydrogens (primary N) is 1. The molecule has 6 heteroatoms. The minimum absolute atomic E-state index is 0.259. The molecule has 100 valence electrons. The summed E-state index contributed by atoms with van der Waals surface area (Å²) < 4.78 is 1.16. The molecule has 19 heavy (non-hydrogen) atoms. The van der Waals surface area contributed by atoms with E-state index in [4.69, 9.17) is 5.73 Å². The number of rotatable bonds is 5. The zero-order valence-electron chi connectivity index (χ0n) is 10.7. The van der Waals surface area contributed by atoms with Gasteiger partial charge in [0.2, 0.25) is 5.95 Å². The number of nitrogens with one attached hydrogen (secondary N) is 2. The maximum absolute atomic E-state index is 5.71. The molecule has 4 N–H and O–H groups in total. The molecular weight excluding hydrogens is 353 g/mol. The zero-order chi connectivity index (χ0) is 13.7. The van der Waals surface area contributed by atoms with Crippen LogP contribution in [0.5, 0.6) is 0 Å². The molecule has 0 aliphatic heterocycles. The molecule has 0 fully saturated rings. The average Bonchev–Trinajstić information content (AvgIpc) is 2.35. The van der Waals surface area contributed by atoms with Crippen LogP contribution in [0, 0.1) is 3.57 Å². The van der Waals surface area contributed by atoms with Gasteiger partial charge in [-0.25, -0.2) is 0 Å². The molecule has 0 bridgehead atoms. The molecule has 1 aromatic carbocycles. The maximum Gasteiger partial charge on any atom is 0.223 e. The topological polar surface area (TPSA) is 75.9 Å². The largest absolute Gasteiger partial charge is 0.370 e. The second-order valence-electron chi connectivity index (χ2n) is 4.06. The molecule has 1 aromatic heterocycles. The van der Waals surface area contributed by atoms with Crippen LogP contribution in [0.4, 0.5) is 23.3 Å². The second-order valence-corrected chi connectivity index (χ2v) is 5.30. The number of hydrogen-bond donors (Lipinski definition) is 3. The number of hydrogen-bond acceptors (Lipinski definition) is 5. The first-order valence-electron chi connectivity index (χ1n) is 6.08. The number of benzene rings is 1. The van der Waals surface area contributed by atoms with Crippen LogP contribution in [0.2, 0.25) is 0 Å². The normalized spacial score (nSPS) is 10.2. The van der Waals surface area contributed by atoms with Crippen LogP contribution in [0.1, 0.15) is 13.3 Å². The van der Waals surface area contributed by atoms with E-state index in [1.54, 1.807) is 0 Å². The van der Waals surface area contributed by atoms with Gasteiger partial charge in [0.1, 0.15) is 11.6 Å². The van der Waals surface area contributed by atoms with Crippen molar-refractivity contribution in [3.8, 4) is 0 Å². The highest BCUT2D eigenvalue weighted by Crippen LogP contribution is 2.19. The van der Waals surface area contributed by atoms with Crippen molar-refractivity contribution in [1.29, 1.82) is 0 Å². The Hall–Kier alpha value is -1.57. The van der Waals surface area contributed by atoms with Crippen molar-refractivity contribution in [2.75, 3.05) is 22.9 Å². The van der Waals surface area contributed by atoms with Crippen LogP contribution in [-0.2, 0) is 0 Å². The van der Waals surface area contributed by atoms with Crippen LogP contribution in [-0.4, -0.2) is 16.5 Å². The third-order valence-corrected chi connectivity index (χ3v) is 3.07. The predicted octanol–water partition coefficient (Wildman–Crippen LogP) is 3.23. The Bertz CT molecular complexity index is 558. The first-order chi connectivity index (χ1) is 9.17. The fraction of sp³-hybridized carbons (Fsp3) is 0.231. The van der Waals surface area contributed by atoms with E-state index in [0.717, 1.165) is 28.0 Å². The van der Waals surface area contributed by atoms with Gasteiger partial charge in [-0.2, -0.15) is 9.97 Å². The Morgan fingerprint density at radius 1 is 1.21 bits per heavy atom. The number of aromatic nitrogens is 2. The summed E-state index contributed by atoms with van der Waals surface area (Å²) in [7, 11) is 0. The first kappa shape index (κ1) is 13.9. The fourth-order valence-electron chi connectivity index (χ4n) is 1.59. The molecule has 0 aliphatic rings. The number of nitrogens with zero attached hydrogens (tertiary/aromatic N) is 2. The van der Waals surface area contributed by atoms with E-state index in [0.29, 0.717) is 5.82 Å². The van der Waals surface area contributed by atoms with Crippen LogP contribution in [0.3, 0.4) is 0 Å². The molecule has 5 nitrogen and oxygen atoms in total. The molecular formula is C13H16IN5. The van der Waals surface area contributed by atoms with Crippen LogP contribution >= 0.6 is 22.6 Å². The van der Waals surface area contributed by atoms with E-state index >= 15 is 0 Å². The van der Waals surface area contributed by atoms with Gasteiger partial charge in [-0.1, -0.05) is 13.0 Å². The Morgan fingerprint density at radius 2 is 2.00 bits per heavy atom. The van der Waals surface area contributed by atoms with E-state index in [9.17, 15) is 0 Å². The predicted molar refractivity (Wildman–Crippen MR) is 87.7 cm³/mol. The van der Waals surface area contributed by atoms with E-state index in [-0.39, 0.29) is 5.95 Å². The number of anilines is 4. The van der Waals surface area contributed by atoms with Gasteiger partial charge in [-0.05, 0) is 47.2 Å². The first-order valence-corrected chi connectivity index (χ1v) is 7.16. The molecule has 2 aromatic rings. The Kier molecular flexibility index (Phi) is 4.78. The third-order valence-electron chi connectivity index (χ3n) is 2.40. The third kappa shape index (κ3) is 4.23.